The topological polar surface area (TPSA) is 105 Å². The van der Waals surface area contributed by atoms with Crippen LogP contribution in [0.25, 0.3) is 0 Å². The van der Waals surface area contributed by atoms with Crippen LogP contribution in [0.3, 0.4) is 0 Å². The van der Waals surface area contributed by atoms with Crippen molar-refractivity contribution in [3.05, 3.63) is 32.8 Å². The zero-order valence-electron chi connectivity index (χ0n) is 7.84. The Labute approximate surface area is 83.6 Å². The first kappa shape index (κ1) is 13.1. The number of hydrogen-bond acceptors (Lipinski definition) is 6. The van der Waals surface area contributed by atoms with Gasteiger partial charge in [0.05, 0.1) is 6.61 Å². The normalized spacial score (nSPS) is 10.5. The molecule has 0 radical (unpaired) electrons. The van der Waals surface area contributed by atoms with Crippen LogP contribution in [-0.2, 0) is 9.47 Å². The van der Waals surface area contributed by atoms with Crippen molar-refractivity contribution in [2.45, 2.75) is 12.8 Å². The SMILES string of the molecule is C=C(OCC)OCC(F)([N+](=O)[O-])[N+](=O)[O-]. The van der Waals surface area contributed by atoms with Crippen molar-refractivity contribution < 1.29 is 23.7 Å². The molecular formula is C6H9FN2O6. The third-order valence-corrected chi connectivity index (χ3v) is 1.28. The van der Waals surface area contributed by atoms with Gasteiger partial charge in [-0.1, -0.05) is 4.39 Å². The van der Waals surface area contributed by atoms with Crippen LogP contribution in [0.1, 0.15) is 6.92 Å². The van der Waals surface area contributed by atoms with Crippen LogP contribution in [0.2, 0.25) is 0 Å². The van der Waals surface area contributed by atoms with Crippen molar-refractivity contribution in [2.75, 3.05) is 13.2 Å². The van der Waals surface area contributed by atoms with E-state index in [1.165, 1.54) is 0 Å². The standard InChI is InChI=1S/C6H9FN2O6/c1-3-14-5(2)15-4-6(7,8(10)11)9(12)13/h2-4H2,1H3. The number of hydrogen-bond donors (Lipinski definition) is 0. The number of nitrogens with zero attached hydrogens (tertiary/aromatic N) is 2. The summed E-state index contributed by atoms with van der Waals surface area (Å²) in [5.74, 6) is -4.30. The van der Waals surface area contributed by atoms with Gasteiger partial charge in [0.25, 0.3) is 12.6 Å². The van der Waals surface area contributed by atoms with Crippen molar-refractivity contribution in [1.82, 2.24) is 0 Å². The van der Waals surface area contributed by atoms with E-state index >= 15 is 0 Å². The largest absolute Gasteiger partial charge is 0.648 e. The molecule has 9 heteroatoms. The molecule has 0 aliphatic carbocycles. The first-order valence-electron chi connectivity index (χ1n) is 3.77. The van der Waals surface area contributed by atoms with Gasteiger partial charge in [-0.2, -0.15) is 0 Å². The van der Waals surface area contributed by atoms with Gasteiger partial charge < -0.3 is 9.47 Å². The Balaban J connectivity index is 4.39. The van der Waals surface area contributed by atoms with Gasteiger partial charge in [-0.05, 0) is 13.5 Å². The van der Waals surface area contributed by atoms with Gasteiger partial charge in [-0.25, -0.2) is 0 Å². The average molecular weight is 224 g/mol. The fourth-order valence-corrected chi connectivity index (χ4v) is 0.547. The molecule has 0 bridgehead atoms. The van der Waals surface area contributed by atoms with Crippen molar-refractivity contribution in [1.29, 1.82) is 0 Å². The molecule has 0 aliphatic heterocycles. The zero-order chi connectivity index (χ0) is 12.1. The maximum absolute atomic E-state index is 13.0. The van der Waals surface area contributed by atoms with E-state index in [1.54, 1.807) is 6.92 Å². The zero-order valence-corrected chi connectivity index (χ0v) is 7.84. The van der Waals surface area contributed by atoms with Gasteiger partial charge in [-0.3, -0.25) is 20.2 Å². The fraction of sp³-hybridized carbons (Fsp3) is 0.667. The van der Waals surface area contributed by atoms with Crippen LogP contribution in [0, 0.1) is 20.2 Å². The number of halogens is 1. The van der Waals surface area contributed by atoms with Crippen molar-refractivity contribution in [3.8, 4) is 0 Å². The first-order valence-corrected chi connectivity index (χ1v) is 3.77. The van der Waals surface area contributed by atoms with Crippen LogP contribution >= 0.6 is 0 Å². The minimum atomic E-state index is -3.89. The van der Waals surface area contributed by atoms with Crippen molar-refractivity contribution in [2.24, 2.45) is 0 Å². The summed E-state index contributed by atoms with van der Waals surface area (Å²) < 4.78 is 21.9. The van der Waals surface area contributed by atoms with E-state index in [0.29, 0.717) is 0 Å². The van der Waals surface area contributed by atoms with Gasteiger partial charge in [0.15, 0.2) is 0 Å². The summed E-state index contributed by atoms with van der Waals surface area (Å²) in [6.45, 7) is 3.43. The number of alkyl halides is 1. The van der Waals surface area contributed by atoms with Crippen LogP contribution in [0.4, 0.5) is 4.39 Å². The predicted octanol–water partition coefficient (Wildman–Crippen LogP) is 0.687. The number of ether oxygens (including phenoxy) is 2. The van der Waals surface area contributed by atoms with Gasteiger partial charge in [-0.15, -0.1) is 0 Å². The maximum atomic E-state index is 13.0. The Hall–Kier alpha value is -1.93. The maximum Gasteiger partial charge on any atom is 0.648 e. The van der Waals surface area contributed by atoms with E-state index in [-0.39, 0.29) is 6.61 Å². The lowest BCUT2D eigenvalue weighted by molar-refractivity contribution is -0.832. The lowest BCUT2D eigenvalue weighted by atomic mass is 10.5. The highest BCUT2D eigenvalue weighted by atomic mass is 19.2. The van der Waals surface area contributed by atoms with E-state index in [0.717, 1.165) is 0 Å². The molecule has 0 saturated carbocycles. The highest BCUT2D eigenvalue weighted by Gasteiger charge is 2.59. The first-order chi connectivity index (χ1) is 6.84. The molecule has 0 amide bonds. The van der Waals surface area contributed by atoms with Gasteiger partial charge in [0.1, 0.15) is 9.85 Å². The Morgan fingerprint density at radius 1 is 1.40 bits per heavy atom. The molecule has 86 valence electrons. The minimum Gasteiger partial charge on any atom is -0.466 e. The molecule has 0 unspecified atom stereocenters. The van der Waals surface area contributed by atoms with Crippen LogP contribution in [0.5, 0.6) is 0 Å². The van der Waals surface area contributed by atoms with Gasteiger partial charge >= 0.3 is 5.92 Å². The summed E-state index contributed by atoms with van der Waals surface area (Å²) in [5, 5.41) is 20.1. The molecular weight excluding hydrogens is 215 g/mol. The molecule has 0 rings (SSSR count). The molecule has 0 aromatic rings. The summed E-state index contributed by atoms with van der Waals surface area (Å²) in [7, 11) is 0. The minimum absolute atomic E-state index is 0.148. The molecule has 0 heterocycles. The second-order valence-electron chi connectivity index (χ2n) is 2.33. The van der Waals surface area contributed by atoms with Crippen LogP contribution in [-0.4, -0.2) is 29.0 Å². The number of nitro groups is 2. The molecule has 0 N–H and O–H groups in total. The summed E-state index contributed by atoms with van der Waals surface area (Å²) >= 11 is 0. The molecule has 0 aromatic carbocycles. The highest BCUT2D eigenvalue weighted by Crippen LogP contribution is 2.15. The molecule has 0 fully saturated rings. The summed E-state index contributed by atoms with van der Waals surface area (Å²) in [6, 6.07) is 0. The van der Waals surface area contributed by atoms with E-state index in [4.69, 9.17) is 0 Å². The van der Waals surface area contributed by atoms with Crippen LogP contribution < -0.4 is 0 Å². The smallest absolute Gasteiger partial charge is 0.466 e. The molecule has 0 atom stereocenters. The van der Waals surface area contributed by atoms with Crippen molar-refractivity contribution >= 4 is 0 Å². The van der Waals surface area contributed by atoms with Gasteiger partial charge in [0.2, 0.25) is 0 Å². The predicted molar refractivity (Wildman–Crippen MR) is 44.5 cm³/mol. The quantitative estimate of drug-likeness (QED) is 0.207. The molecule has 0 aliphatic rings. The van der Waals surface area contributed by atoms with E-state index in [2.05, 4.69) is 16.1 Å². The molecule has 0 spiro atoms. The molecule has 15 heavy (non-hydrogen) atoms. The van der Waals surface area contributed by atoms with E-state index in [9.17, 15) is 24.6 Å². The monoisotopic (exact) mass is 224 g/mol. The summed E-state index contributed by atoms with van der Waals surface area (Å²) in [4.78, 5) is 16.8. The average Bonchev–Trinajstić information content (AvgIpc) is 2.14. The summed E-state index contributed by atoms with van der Waals surface area (Å²) in [6.07, 6.45) is 0. The Morgan fingerprint density at radius 2 is 1.87 bits per heavy atom. The van der Waals surface area contributed by atoms with Gasteiger partial charge in [0, 0.05) is 0 Å². The Kier molecular flexibility index (Phi) is 4.42. The second kappa shape index (κ2) is 5.08. The van der Waals surface area contributed by atoms with E-state index in [1.807, 2.05) is 0 Å². The molecule has 8 nitrogen and oxygen atoms in total. The molecule has 0 aromatic heterocycles. The molecule has 0 saturated heterocycles. The van der Waals surface area contributed by atoms with E-state index < -0.39 is 28.3 Å². The van der Waals surface area contributed by atoms with Crippen LogP contribution in [0.15, 0.2) is 12.5 Å². The van der Waals surface area contributed by atoms with Crippen molar-refractivity contribution in [3.63, 3.8) is 0 Å². The Morgan fingerprint density at radius 3 is 2.20 bits per heavy atom. The third kappa shape index (κ3) is 3.37. The highest BCUT2D eigenvalue weighted by molar-refractivity contribution is 4.68. The summed E-state index contributed by atoms with van der Waals surface area (Å²) in [5.41, 5.74) is 0. The fourth-order valence-electron chi connectivity index (χ4n) is 0.547. The Bertz CT molecular complexity index is 267. The third-order valence-electron chi connectivity index (χ3n) is 1.28. The number of rotatable bonds is 7. The lowest BCUT2D eigenvalue weighted by Crippen LogP contribution is -2.46. The second-order valence-corrected chi connectivity index (χ2v) is 2.33. The lowest BCUT2D eigenvalue weighted by Gasteiger charge is -2.11.